The topological polar surface area (TPSA) is 50.2 Å². The van der Waals surface area contributed by atoms with E-state index in [2.05, 4.69) is 10.3 Å². The molecular formula is C17H22F2N4O. The fraction of sp³-hybridized carbons (Fsp3) is 0.412. The Morgan fingerprint density at radius 2 is 1.92 bits per heavy atom. The Labute approximate surface area is 140 Å². The standard InChI is InChI=1S/C17H22F2N4O/c1-3-22(4-2)17(24)21-14(13-8-6-5-7-9-13)12-15-20-10-11-23(15)16(18)19/h5-11,14,16H,3-4,12H2,1-2H3,(H,21,24)/t14-/m0/s1. The summed E-state index contributed by atoms with van der Waals surface area (Å²) in [4.78, 5) is 18.0. The zero-order valence-corrected chi connectivity index (χ0v) is 13.8. The fourth-order valence-electron chi connectivity index (χ4n) is 2.55. The maximum Gasteiger partial charge on any atom is 0.319 e. The molecule has 1 aromatic heterocycles. The lowest BCUT2D eigenvalue weighted by Gasteiger charge is -2.25. The van der Waals surface area contributed by atoms with E-state index in [0.717, 1.165) is 10.1 Å². The van der Waals surface area contributed by atoms with Gasteiger partial charge in [-0.1, -0.05) is 30.3 Å². The Morgan fingerprint density at radius 1 is 1.25 bits per heavy atom. The van der Waals surface area contributed by atoms with Gasteiger partial charge in [0.1, 0.15) is 5.82 Å². The molecular weight excluding hydrogens is 314 g/mol. The molecule has 0 unspecified atom stereocenters. The molecule has 1 aromatic carbocycles. The summed E-state index contributed by atoms with van der Waals surface area (Å²) in [5.74, 6) is 0.235. The lowest BCUT2D eigenvalue weighted by atomic mass is 10.0. The Hall–Kier alpha value is -2.44. The van der Waals surface area contributed by atoms with Gasteiger partial charge in [-0.3, -0.25) is 4.57 Å². The van der Waals surface area contributed by atoms with E-state index in [1.165, 1.54) is 12.4 Å². The number of hydrogen-bond donors (Lipinski definition) is 1. The highest BCUT2D eigenvalue weighted by molar-refractivity contribution is 5.74. The predicted molar refractivity (Wildman–Crippen MR) is 87.8 cm³/mol. The molecule has 0 saturated carbocycles. The van der Waals surface area contributed by atoms with Gasteiger partial charge < -0.3 is 10.2 Å². The highest BCUT2D eigenvalue weighted by atomic mass is 19.3. The van der Waals surface area contributed by atoms with Gasteiger partial charge >= 0.3 is 12.6 Å². The summed E-state index contributed by atoms with van der Waals surface area (Å²) in [6.07, 6.45) is 2.78. The van der Waals surface area contributed by atoms with Crippen molar-refractivity contribution in [1.29, 1.82) is 0 Å². The second-order valence-corrected chi connectivity index (χ2v) is 5.32. The molecule has 0 saturated heterocycles. The van der Waals surface area contributed by atoms with Gasteiger partial charge in [0.05, 0.1) is 6.04 Å². The van der Waals surface area contributed by atoms with Crippen LogP contribution >= 0.6 is 0 Å². The first-order valence-electron chi connectivity index (χ1n) is 7.97. The molecule has 24 heavy (non-hydrogen) atoms. The smallest absolute Gasteiger partial charge is 0.319 e. The van der Waals surface area contributed by atoms with Crippen molar-refractivity contribution in [3.63, 3.8) is 0 Å². The van der Waals surface area contributed by atoms with Gasteiger partial charge in [0, 0.05) is 31.9 Å². The summed E-state index contributed by atoms with van der Waals surface area (Å²) in [6.45, 7) is 2.29. The van der Waals surface area contributed by atoms with Crippen LogP contribution < -0.4 is 5.32 Å². The van der Waals surface area contributed by atoms with E-state index in [-0.39, 0.29) is 18.3 Å². The van der Waals surface area contributed by atoms with Crippen LogP contribution in [0.15, 0.2) is 42.7 Å². The highest BCUT2D eigenvalue weighted by Crippen LogP contribution is 2.21. The molecule has 1 atom stereocenters. The van der Waals surface area contributed by atoms with Gasteiger partial charge in [0.25, 0.3) is 0 Å². The van der Waals surface area contributed by atoms with Crippen LogP contribution in [0.3, 0.4) is 0 Å². The molecule has 0 aliphatic rings. The number of halogens is 2. The maximum absolute atomic E-state index is 13.0. The van der Waals surface area contributed by atoms with Crippen molar-refractivity contribution in [2.75, 3.05) is 13.1 Å². The van der Waals surface area contributed by atoms with Crippen LogP contribution in [0.4, 0.5) is 13.6 Å². The number of aromatic nitrogens is 2. The Bertz CT molecular complexity index is 641. The summed E-state index contributed by atoms with van der Waals surface area (Å²) in [5, 5.41) is 2.93. The normalized spacial score (nSPS) is 12.2. The Balaban J connectivity index is 2.23. The van der Waals surface area contributed by atoms with Crippen LogP contribution in [0, 0.1) is 0 Å². The number of carbonyl (C=O) groups excluding carboxylic acids is 1. The molecule has 130 valence electrons. The number of nitrogens with zero attached hydrogens (tertiary/aromatic N) is 3. The average Bonchev–Trinajstić information content (AvgIpc) is 3.04. The van der Waals surface area contributed by atoms with E-state index in [1.54, 1.807) is 4.90 Å². The quantitative estimate of drug-likeness (QED) is 0.840. The molecule has 0 radical (unpaired) electrons. The van der Waals surface area contributed by atoms with Gasteiger partial charge in [-0.2, -0.15) is 8.78 Å². The summed E-state index contributed by atoms with van der Waals surface area (Å²) in [7, 11) is 0. The van der Waals surface area contributed by atoms with E-state index in [1.807, 2.05) is 44.2 Å². The molecule has 1 heterocycles. The molecule has 0 aliphatic carbocycles. The monoisotopic (exact) mass is 336 g/mol. The lowest BCUT2D eigenvalue weighted by Crippen LogP contribution is -2.42. The summed E-state index contributed by atoms with van der Waals surface area (Å²) >= 11 is 0. The van der Waals surface area contributed by atoms with Crippen molar-refractivity contribution in [3.8, 4) is 0 Å². The van der Waals surface area contributed by atoms with Gasteiger partial charge in [0.15, 0.2) is 0 Å². The summed E-state index contributed by atoms with van der Waals surface area (Å²) in [6, 6.07) is 8.65. The van der Waals surface area contributed by atoms with Gasteiger partial charge in [-0.05, 0) is 19.4 Å². The predicted octanol–water partition coefficient (Wildman–Crippen LogP) is 3.61. The second-order valence-electron chi connectivity index (χ2n) is 5.32. The minimum Gasteiger partial charge on any atom is -0.331 e. The van der Waals surface area contributed by atoms with Gasteiger partial charge in [0.2, 0.25) is 0 Å². The molecule has 7 heteroatoms. The number of carbonyl (C=O) groups is 1. The van der Waals surface area contributed by atoms with Crippen LogP contribution in [0.5, 0.6) is 0 Å². The van der Waals surface area contributed by atoms with Crippen LogP contribution in [-0.2, 0) is 6.42 Å². The zero-order valence-electron chi connectivity index (χ0n) is 13.8. The van der Waals surface area contributed by atoms with Crippen molar-refractivity contribution in [2.45, 2.75) is 32.9 Å². The Kier molecular flexibility index (Phi) is 6.28. The third-order valence-electron chi connectivity index (χ3n) is 3.90. The van der Waals surface area contributed by atoms with E-state index >= 15 is 0 Å². The molecule has 0 aliphatic heterocycles. The average molecular weight is 336 g/mol. The van der Waals surface area contributed by atoms with Gasteiger partial charge in [-0.15, -0.1) is 0 Å². The lowest BCUT2D eigenvalue weighted by molar-refractivity contribution is 0.0666. The SMILES string of the molecule is CCN(CC)C(=O)N[C@@H](Cc1nccn1C(F)F)c1ccccc1. The zero-order chi connectivity index (χ0) is 17.5. The van der Waals surface area contributed by atoms with Crippen LogP contribution in [0.2, 0.25) is 0 Å². The molecule has 0 fully saturated rings. The number of alkyl halides is 2. The van der Waals surface area contributed by atoms with E-state index < -0.39 is 12.6 Å². The van der Waals surface area contributed by atoms with Crippen LogP contribution in [0.25, 0.3) is 0 Å². The first-order valence-corrected chi connectivity index (χ1v) is 7.97. The number of amides is 2. The number of hydrogen-bond acceptors (Lipinski definition) is 2. The molecule has 2 amide bonds. The number of benzene rings is 1. The number of imidazole rings is 1. The maximum atomic E-state index is 13.0. The van der Waals surface area contributed by atoms with Crippen molar-refractivity contribution >= 4 is 6.03 Å². The van der Waals surface area contributed by atoms with Crippen molar-refractivity contribution in [2.24, 2.45) is 0 Å². The molecule has 2 rings (SSSR count). The fourth-order valence-corrected chi connectivity index (χ4v) is 2.55. The van der Waals surface area contributed by atoms with E-state index in [4.69, 9.17) is 0 Å². The van der Waals surface area contributed by atoms with Crippen molar-refractivity contribution < 1.29 is 13.6 Å². The summed E-state index contributed by atoms with van der Waals surface area (Å²) in [5.41, 5.74) is 0.849. The first-order chi connectivity index (χ1) is 11.6. The van der Waals surface area contributed by atoms with Crippen LogP contribution in [-0.4, -0.2) is 33.6 Å². The third kappa shape index (κ3) is 4.31. The van der Waals surface area contributed by atoms with Crippen LogP contribution in [0.1, 0.15) is 37.8 Å². The largest absolute Gasteiger partial charge is 0.331 e. The molecule has 1 N–H and O–H groups in total. The number of rotatable bonds is 7. The number of nitrogens with one attached hydrogen (secondary N) is 1. The van der Waals surface area contributed by atoms with Gasteiger partial charge in [-0.25, -0.2) is 9.78 Å². The Morgan fingerprint density at radius 3 is 2.50 bits per heavy atom. The highest BCUT2D eigenvalue weighted by Gasteiger charge is 2.21. The van der Waals surface area contributed by atoms with Crippen molar-refractivity contribution in [3.05, 3.63) is 54.1 Å². The minimum absolute atomic E-state index is 0.189. The van der Waals surface area contributed by atoms with E-state index in [9.17, 15) is 13.6 Å². The minimum atomic E-state index is -2.66. The first kappa shape index (κ1) is 17.9. The van der Waals surface area contributed by atoms with E-state index in [0.29, 0.717) is 13.1 Å². The molecule has 5 nitrogen and oxygen atoms in total. The second kappa shape index (κ2) is 8.42. The molecule has 2 aromatic rings. The molecule has 0 bridgehead atoms. The molecule has 0 spiro atoms. The third-order valence-corrected chi connectivity index (χ3v) is 3.90. The summed E-state index contributed by atoms with van der Waals surface area (Å²) < 4.78 is 26.9. The van der Waals surface area contributed by atoms with Crippen molar-refractivity contribution in [1.82, 2.24) is 19.8 Å². The number of urea groups is 1.